The highest BCUT2D eigenvalue weighted by Gasteiger charge is 2.38. The van der Waals surface area contributed by atoms with Gasteiger partial charge in [-0.1, -0.05) is 147 Å². The van der Waals surface area contributed by atoms with Gasteiger partial charge in [0.2, 0.25) is 0 Å². The highest BCUT2D eigenvalue weighted by atomic mass is 15.0. The maximum Gasteiger partial charge on any atom is 0.159 e. The first kappa shape index (κ1) is 27.1. The molecule has 2 aromatic heterocycles. The molecule has 0 bridgehead atoms. The summed E-state index contributed by atoms with van der Waals surface area (Å²) in [5.41, 5.74) is 12.8. The number of rotatable bonds is 3. The Bertz CT molecular complexity index is 2680. The van der Waals surface area contributed by atoms with Gasteiger partial charge in [0, 0.05) is 27.1 Å². The van der Waals surface area contributed by atoms with Gasteiger partial charge < -0.3 is 4.57 Å². The maximum atomic E-state index is 5.46. The van der Waals surface area contributed by atoms with E-state index >= 15 is 0 Å². The Morgan fingerprint density at radius 1 is 0.542 bits per heavy atom. The molecule has 3 heteroatoms. The van der Waals surface area contributed by atoms with Gasteiger partial charge in [0.05, 0.1) is 22.9 Å². The van der Waals surface area contributed by atoms with Gasteiger partial charge >= 0.3 is 0 Å². The molecule has 0 spiro atoms. The van der Waals surface area contributed by atoms with Crippen molar-refractivity contribution < 1.29 is 0 Å². The van der Waals surface area contributed by atoms with Crippen LogP contribution in [0.5, 0.6) is 0 Å². The van der Waals surface area contributed by atoms with E-state index in [2.05, 4.69) is 164 Å². The van der Waals surface area contributed by atoms with Crippen LogP contribution in [-0.4, -0.2) is 14.5 Å². The third-order valence-corrected chi connectivity index (χ3v) is 10.4. The summed E-state index contributed by atoms with van der Waals surface area (Å²) < 4.78 is 2.43. The fourth-order valence-electron chi connectivity index (χ4n) is 8.19. The molecule has 1 aliphatic carbocycles. The van der Waals surface area contributed by atoms with E-state index in [0.29, 0.717) is 0 Å². The normalized spacial score (nSPS) is 13.4. The summed E-state index contributed by atoms with van der Waals surface area (Å²) in [6.07, 6.45) is 2.04. The van der Waals surface area contributed by atoms with E-state index in [1.54, 1.807) is 0 Å². The van der Waals surface area contributed by atoms with Gasteiger partial charge in [-0.3, -0.25) is 0 Å². The number of fused-ring (bicyclic) bond motifs is 9. The Hall–Kier alpha value is -6.06. The van der Waals surface area contributed by atoms with Gasteiger partial charge in [-0.25, -0.2) is 9.97 Å². The fourth-order valence-corrected chi connectivity index (χ4v) is 8.19. The maximum absolute atomic E-state index is 5.46. The van der Waals surface area contributed by atoms with Gasteiger partial charge in [0.1, 0.15) is 5.52 Å². The van der Waals surface area contributed by atoms with Crippen LogP contribution in [0.1, 0.15) is 25.0 Å². The standard InChI is InChI=1S/C45H31N3/c1-45(2)37-19-11-10-18-35(37)36-24-25-38-40(41(36)45)42-39(27-46-44(47-42)30-22-20-29(21-23-30)28-12-4-3-5-13-28)48(38)43-33-16-8-6-14-31(33)26-32-15-7-9-17-34(32)43/h3-27H,1-2H3. The molecule has 0 saturated heterocycles. The van der Waals surface area contributed by atoms with Crippen molar-refractivity contribution in [3.05, 3.63) is 163 Å². The Kier molecular flexibility index (Phi) is 5.63. The van der Waals surface area contributed by atoms with Crippen LogP contribution in [0.15, 0.2) is 152 Å². The summed E-state index contributed by atoms with van der Waals surface area (Å²) in [6, 6.07) is 52.3. The second kappa shape index (κ2) is 9.97. The predicted octanol–water partition coefficient (Wildman–Crippen LogP) is 11.5. The molecule has 10 rings (SSSR count). The highest BCUT2D eigenvalue weighted by molar-refractivity contribution is 6.16. The Morgan fingerprint density at radius 3 is 1.92 bits per heavy atom. The lowest BCUT2D eigenvalue weighted by atomic mass is 9.81. The van der Waals surface area contributed by atoms with E-state index in [4.69, 9.17) is 9.97 Å². The van der Waals surface area contributed by atoms with Crippen molar-refractivity contribution >= 4 is 43.5 Å². The van der Waals surface area contributed by atoms with E-state index in [1.165, 1.54) is 66.0 Å². The number of benzene rings is 7. The molecular formula is C45H31N3. The number of hydrogen-bond donors (Lipinski definition) is 0. The van der Waals surface area contributed by atoms with Gasteiger partial charge in [0.15, 0.2) is 5.82 Å². The summed E-state index contributed by atoms with van der Waals surface area (Å²) in [6.45, 7) is 4.72. The molecule has 1 aliphatic rings. The van der Waals surface area contributed by atoms with Crippen molar-refractivity contribution in [2.45, 2.75) is 19.3 Å². The van der Waals surface area contributed by atoms with Gasteiger partial charge in [-0.15, -0.1) is 0 Å². The van der Waals surface area contributed by atoms with Crippen LogP contribution in [0.4, 0.5) is 0 Å². The number of aromatic nitrogens is 3. The average molecular weight is 614 g/mol. The summed E-state index contributed by atoms with van der Waals surface area (Å²) in [5, 5.41) is 6.04. The second-order valence-electron chi connectivity index (χ2n) is 13.4. The Morgan fingerprint density at radius 2 is 1.17 bits per heavy atom. The molecule has 0 unspecified atom stereocenters. The smallest absolute Gasteiger partial charge is 0.159 e. The van der Waals surface area contributed by atoms with Crippen molar-refractivity contribution in [1.82, 2.24) is 14.5 Å². The first-order chi connectivity index (χ1) is 23.6. The Balaban J connectivity index is 1.31. The van der Waals surface area contributed by atoms with Crippen LogP contribution < -0.4 is 0 Å². The zero-order valence-electron chi connectivity index (χ0n) is 26.8. The average Bonchev–Trinajstić information content (AvgIpc) is 3.58. The molecule has 0 radical (unpaired) electrons. The monoisotopic (exact) mass is 613 g/mol. The third-order valence-electron chi connectivity index (χ3n) is 10.4. The topological polar surface area (TPSA) is 30.7 Å². The molecule has 9 aromatic rings. The molecule has 0 saturated carbocycles. The number of nitrogens with zero attached hydrogens (tertiary/aromatic N) is 3. The summed E-state index contributed by atoms with van der Waals surface area (Å²) in [4.78, 5) is 10.5. The molecule has 226 valence electrons. The van der Waals surface area contributed by atoms with Crippen molar-refractivity contribution in [2.75, 3.05) is 0 Å². The highest BCUT2D eigenvalue weighted by Crippen LogP contribution is 2.53. The van der Waals surface area contributed by atoms with Gasteiger partial charge in [-0.05, 0) is 56.3 Å². The molecule has 0 amide bonds. The predicted molar refractivity (Wildman–Crippen MR) is 200 cm³/mol. The van der Waals surface area contributed by atoms with E-state index in [-0.39, 0.29) is 5.41 Å². The first-order valence-corrected chi connectivity index (χ1v) is 16.6. The minimum Gasteiger partial charge on any atom is -0.305 e. The zero-order valence-corrected chi connectivity index (χ0v) is 26.8. The quantitative estimate of drug-likeness (QED) is 0.186. The van der Waals surface area contributed by atoms with Crippen molar-refractivity contribution in [3.63, 3.8) is 0 Å². The van der Waals surface area contributed by atoms with Crippen molar-refractivity contribution in [1.29, 1.82) is 0 Å². The molecule has 2 heterocycles. The van der Waals surface area contributed by atoms with Crippen LogP contribution >= 0.6 is 0 Å². The van der Waals surface area contributed by atoms with Crippen LogP contribution in [0.25, 0.3) is 82.8 Å². The molecule has 3 nitrogen and oxygen atoms in total. The van der Waals surface area contributed by atoms with Crippen LogP contribution in [-0.2, 0) is 5.41 Å². The lowest BCUT2D eigenvalue weighted by Crippen LogP contribution is -2.15. The molecule has 0 atom stereocenters. The number of hydrogen-bond acceptors (Lipinski definition) is 2. The summed E-state index contributed by atoms with van der Waals surface area (Å²) >= 11 is 0. The molecule has 0 fully saturated rings. The van der Waals surface area contributed by atoms with E-state index < -0.39 is 0 Å². The Labute approximate surface area is 278 Å². The SMILES string of the molecule is CC1(C)c2ccccc2-c2ccc3c(c21)c1nc(-c2ccc(-c4ccccc4)cc2)ncc1n3-c1c2ccccc2cc2ccccc12. The largest absolute Gasteiger partial charge is 0.305 e. The van der Waals surface area contributed by atoms with E-state index in [9.17, 15) is 0 Å². The third kappa shape index (κ3) is 3.76. The van der Waals surface area contributed by atoms with Gasteiger partial charge in [-0.2, -0.15) is 0 Å². The van der Waals surface area contributed by atoms with Gasteiger partial charge in [0.25, 0.3) is 0 Å². The van der Waals surface area contributed by atoms with Crippen molar-refractivity contribution in [3.8, 4) is 39.3 Å². The van der Waals surface area contributed by atoms with E-state index in [0.717, 1.165) is 27.9 Å². The van der Waals surface area contributed by atoms with E-state index in [1.807, 2.05) is 6.20 Å². The lowest BCUT2D eigenvalue weighted by Gasteiger charge is -2.22. The molecule has 7 aromatic carbocycles. The summed E-state index contributed by atoms with van der Waals surface area (Å²) in [5.74, 6) is 0.731. The summed E-state index contributed by atoms with van der Waals surface area (Å²) in [7, 11) is 0. The van der Waals surface area contributed by atoms with Crippen LogP contribution in [0.3, 0.4) is 0 Å². The zero-order chi connectivity index (χ0) is 32.0. The molecule has 48 heavy (non-hydrogen) atoms. The first-order valence-electron chi connectivity index (χ1n) is 16.6. The minimum absolute atomic E-state index is 0.201. The minimum atomic E-state index is -0.201. The van der Waals surface area contributed by atoms with Crippen LogP contribution in [0.2, 0.25) is 0 Å². The fraction of sp³-hybridized carbons (Fsp3) is 0.0667. The molecule has 0 aliphatic heterocycles. The lowest BCUT2D eigenvalue weighted by molar-refractivity contribution is 0.666. The van der Waals surface area contributed by atoms with Crippen molar-refractivity contribution in [2.24, 2.45) is 0 Å². The second-order valence-corrected chi connectivity index (χ2v) is 13.4. The van der Waals surface area contributed by atoms with Crippen LogP contribution in [0, 0.1) is 0 Å². The molecular weight excluding hydrogens is 583 g/mol. The molecule has 0 N–H and O–H groups in total.